The van der Waals surface area contributed by atoms with Crippen LogP contribution in [0.5, 0.6) is 0 Å². The fraction of sp³-hybridized carbons (Fsp3) is 0.615. The Morgan fingerprint density at radius 1 is 1.41 bits per heavy atom. The van der Waals surface area contributed by atoms with Crippen LogP contribution in [0.25, 0.3) is 0 Å². The number of nitrogen functional groups attached to an aromatic ring is 1. The second-order valence-electron chi connectivity index (χ2n) is 4.26. The lowest BCUT2D eigenvalue weighted by molar-refractivity contribution is 0.145. The molecule has 0 amide bonds. The summed E-state index contributed by atoms with van der Waals surface area (Å²) in [6.45, 7) is 9.09. The van der Waals surface area contributed by atoms with Crippen molar-refractivity contribution in [2.75, 3.05) is 25.4 Å². The molecule has 1 aromatic heterocycles. The lowest BCUT2D eigenvalue weighted by Gasteiger charge is -2.21. The molecule has 4 nitrogen and oxygen atoms in total. The Morgan fingerprint density at radius 3 is 2.59 bits per heavy atom. The molecule has 0 aliphatic carbocycles. The first kappa shape index (κ1) is 13.9. The number of hydrogen-bond acceptors (Lipinski definition) is 4. The molecule has 0 fully saturated rings. The van der Waals surface area contributed by atoms with Crippen LogP contribution in [0.2, 0.25) is 0 Å². The standard InChI is InChI=1S/C13H23N3O/c1-4-16(5-2)9-7-11(17)12-10(3)6-8-15-13(12)14/h6,8,11,17H,4-5,7,9H2,1-3H3,(H2,14,15). The van der Waals surface area contributed by atoms with Crippen LogP contribution in [0.1, 0.15) is 37.5 Å². The molecule has 17 heavy (non-hydrogen) atoms. The Morgan fingerprint density at radius 2 is 2.06 bits per heavy atom. The fourth-order valence-electron chi connectivity index (χ4n) is 2.01. The highest BCUT2D eigenvalue weighted by Gasteiger charge is 2.15. The van der Waals surface area contributed by atoms with Gasteiger partial charge in [0.1, 0.15) is 5.82 Å². The van der Waals surface area contributed by atoms with Crippen molar-refractivity contribution in [3.63, 3.8) is 0 Å². The Bertz CT molecular complexity index is 330. The van der Waals surface area contributed by atoms with Crippen molar-refractivity contribution < 1.29 is 5.11 Å². The van der Waals surface area contributed by atoms with Gasteiger partial charge < -0.3 is 15.7 Å². The van der Waals surface area contributed by atoms with Crippen molar-refractivity contribution >= 4 is 5.82 Å². The maximum atomic E-state index is 10.2. The summed E-state index contributed by atoms with van der Waals surface area (Å²) in [7, 11) is 0. The number of nitrogens with two attached hydrogens (primary N) is 1. The zero-order valence-electron chi connectivity index (χ0n) is 11.0. The smallest absolute Gasteiger partial charge is 0.129 e. The van der Waals surface area contributed by atoms with E-state index in [1.807, 2.05) is 13.0 Å². The first-order chi connectivity index (χ1) is 8.10. The van der Waals surface area contributed by atoms with Crippen molar-refractivity contribution in [3.8, 4) is 0 Å². The van der Waals surface area contributed by atoms with Crippen LogP contribution >= 0.6 is 0 Å². The van der Waals surface area contributed by atoms with Crippen LogP contribution in [0.15, 0.2) is 12.3 Å². The summed E-state index contributed by atoms with van der Waals surface area (Å²) in [5.74, 6) is 0.442. The topological polar surface area (TPSA) is 62.4 Å². The lowest BCUT2D eigenvalue weighted by atomic mass is 10.0. The fourth-order valence-corrected chi connectivity index (χ4v) is 2.01. The number of hydrogen-bond donors (Lipinski definition) is 2. The zero-order chi connectivity index (χ0) is 12.8. The minimum absolute atomic E-state index is 0.442. The molecule has 0 saturated heterocycles. The Hall–Kier alpha value is -1.13. The molecular formula is C13H23N3O. The first-order valence-corrected chi connectivity index (χ1v) is 6.21. The van der Waals surface area contributed by atoms with E-state index in [4.69, 9.17) is 5.73 Å². The Balaban J connectivity index is 2.66. The molecule has 0 aliphatic rings. The molecule has 1 unspecified atom stereocenters. The molecule has 1 atom stereocenters. The summed E-state index contributed by atoms with van der Waals surface area (Å²) < 4.78 is 0. The van der Waals surface area contributed by atoms with Gasteiger partial charge in [0.2, 0.25) is 0 Å². The van der Waals surface area contributed by atoms with Crippen LogP contribution in [-0.2, 0) is 0 Å². The van der Waals surface area contributed by atoms with E-state index >= 15 is 0 Å². The van der Waals surface area contributed by atoms with Crippen molar-refractivity contribution in [1.29, 1.82) is 0 Å². The molecular weight excluding hydrogens is 214 g/mol. The third kappa shape index (κ3) is 3.68. The third-order valence-electron chi connectivity index (χ3n) is 3.19. The predicted octanol–water partition coefficient (Wildman–Crippen LogP) is 1.74. The van der Waals surface area contributed by atoms with Gasteiger partial charge in [-0.1, -0.05) is 13.8 Å². The molecule has 4 heteroatoms. The molecule has 1 aromatic rings. The minimum Gasteiger partial charge on any atom is -0.388 e. The average Bonchev–Trinajstić information content (AvgIpc) is 2.30. The average molecular weight is 237 g/mol. The van der Waals surface area contributed by atoms with Crippen LogP contribution in [0.3, 0.4) is 0 Å². The second kappa shape index (κ2) is 6.57. The lowest BCUT2D eigenvalue weighted by Crippen LogP contribution is -2.25. The van der Waals surface area contributed by atoms with Gasteiger partial charge in [0.25, 0.3) is 0 Å². The molecule has 3 N–H and O–H groups in total. The summed E-state index contributed by atoms with van der Waals surface area (Å²) in [5, 5.41) is 10.2. The monoisotopic (exact) mass is 237 g/mol. The third-order valence-corrected chi connectivity index (χ3v) is 3.19. The second-order valence-corrected chi connectivity index (χ2v) is 4.26. The molecule has 1 rings (SSSR count). The van der Waals surface area contributed by atoms with Crippen LogP contribution in [0.4, 0.5) is 5.82 Å². The number of nitrogens with zero attached hydrogens (tertiary/aromatic N) is 2. The van der Waals surface area contributed by atoms with E-state index in [1.54, 1.807) is 6.20 Å². The quantitative estimate of drug-likeness (QED) is 0.791. The summed E-state index contributed by atoms with van der Waals surface area (Å²) in [6, 6.07) is 1.88. The number of anilines is 1. The van der Waals surface area contributed by atoms with Gasteiger partial charge in [-0.3, -0.25) is 0 Å². The molecule has 0 aromatic carbocycles. The van der Waals surface area contributed by atoms with E-state index in [1.165, 1.54) is 0 Å². The first-order valence-electron chi connectivity index (χ1n) is 6.21. The molecule has 0 saturated carbocycles. The van der Waals surface area contributed by atoms with Gasteiger partial charge >= 0.3 is 0 Å². The highest BCUT2D eigenvalue weighted by molar-refractivity contribution is 5.45. The predicted molar refractivity (Wildman–Crippen MR) is 70.8 cm³/mol. The molecule has 0 radical (unpaired) electrons. The van der Waals surface area contributed by atoms with E-state index in [9.17, 15) is 5.11 Å². The largest absolute Gasteiger partial charge is 0.388 e. The van der Waals surface area contributed by atoms with Gasteiger partial charge in [0.05, 0.1) is 6.10 Å². The maximum absolute atomic E-state index is 10.2. The SMILES string of the molecule is CCN(CC)CCC(O)c1c(C)ccnc1N. The van der Waals surface area contributed by atoms with E-state index < -0.39 is 6.10 Å². The summed E-state index contributed by atoms with van der Waals surface area (Å²) >= 11 is 0. The minimum atomic E-state index is -0.524. The van der Waals surface area contributed by atoms with Crippen LogP contribution < -0.4 is 5.73 Å². The molecule has 1 heterocycles. The highest BCUT2D eigenvalue weighted by atomic mass is 16.3. The van der Waals surface area contributed by atoms with E-state index in [0.717, 1.165) is 30.8 Å². The molecule has 0 spiro atoms. The Labute approximate surface area is 103 Å². The number of aromatic nitrogens is 1. The van der Waals surface area contributed by atoms with Crippen LogP contribution in [-0.4, -0.2) is 34.6 Å². The highest BCUT2D eigenvalue weighted by Crippen LogP contribution is 2.24. The molecule has 0 aliphatic heterocycles. The normalized spacial score (nSPS) is 13.0. The van der Waals surface area contributed by atoms with E-state index in [-0.39, 0.29) is 0 Å². The van der Waals surface area contributed by atoms with E-state index in [2.05, 4.69) is 23.7 Å². The van der Waals surface area contributed by atoms with Gasteiger partial charge in [-0.25, -0.2) is 4.98 Å². The summed E-state index contributed by atoms with van der Waals surface area (Å²) in [5.41, 5.74) is 7.59. The molecule has 0 bridgehead atoms. The van der Waals surface area contributed by atoms with Gasteiger partial charge in [0.15, 0.2) is 0 Å². The zero-order valence-corrected chi connectivity index (χ0v) is 11.0. The van der Waals surface area contributed by atoms with Gasteiger partial charge in [0, 0.05) is 18.3 Å². The number of pyridine rings is 1. The molecule has 96 valence electrons. The van der Waals surface area contributed by atoms with Crippen molar-refractivity contribution in [2.24, 2.45) is 0 Å². The van der Waals surface area contributed by atoms with Gasteiger partial charge in [-0.15, -0.1) is 0 Å². The Kier molecular flexibility index (Phi) is 5.38. The number of rotatable bonds is 6. The number of aliphatic hydroxyl groups is 1. The van der Waals surface area contributed by atoms with Crippen molar-refractivity contribution in [2.45, 2.75) is 33.3 Å². The van der Waals surface area contributed by atoms with Gasteiger partial charge in [-0.05, 0) is 38.1 Å². The van der Waals surface area contributed by atoms with E-state index in [0.29, 0.717) is 12.2 Å². The number of aliphatic hydroxyl groups excluding tert-OH is 1. The summed E-state index contributed by atoms with van der Waals surface area (Å²) in [4.78, 5) is 6.32. The van der Waals surface area contributed by atoms with Gasteiger partial charge in [-0.2, -0.15) is 0 Å². The van der Waals surface area contributed by atoms with Crippen molar-refractivity contribution in [3.05, 3.63) is 23.4 Å². The number of aryl methyl sites for hydroxylation is 1. The summed E-state index contributed by atoms with van der Waals surface area (Å²) in [6.07, 6.45) is 1.84. The van der Waals surface area contributed by atoms with Crippen molar-refractivity contribution in [1.82, 2.24) is 9.88 Å². The maximum Gasteiger partial charge on any atom is 0.129 e. The van der Waals surface area contributed by atoms with Crippen LogP contribution in [0, 0.1) is 6.92 Å².